The fourth-order valence-corrected chi connectivity index (χ4v) is 2.71. The van der Waals surface area contributed by atoms with Crippen LogP contribution in [0.1, 0.15) is 52.4 Å². The second-order valence-electron chi connectivity index (χ2n) is 5.74. The Labute approximate surface area is 148 Å². The number of ether oxygens (including phenoxy) is 1. The smallest absolute Gasteiger partial charge is 0.308 e. The standard InChI is InChI=1S/C16H27N3O4S/c1-3-5-6-7-13(20)18-16(24)19-9-8-17-15(22)12(19)11-14(21)23-10-4-2/h12H,3-11H2,1-2H3,(H,17,22)(H,18,20,24)/t12-/m0/s1. The first-order valence-electron chi connectivity index (χ1n) is 8.53. The lowest BCUT2D eigenvalue weighted by molar-refractivity contribution is -0.147. The van der Waals surface area contributed by atoms with E-state index in [-0.39, 0.29) is 23.3 Å². The second-order valence-corrected chi connectivity index (χ2v) is 6.12. The van der Waals surface area contributed by atoms with Gasteiger partial charge in [-0.15, -0.1) is 0 Å². The number of esters is 1. The summed E-state index contributed by atoms with van der Waals surface area (Å²) < 4.78 is 5.04. The Balaban J connectivity index is 2.60. The van der Waals surface area contributed by atoms with Gasteiger partial charge in [-0.05, 0) is 25.1 Å². The van der Waals surface area contributed by atoms with Crippen LogP contribution in [0.25, 0.3) is 0 Å². The molecule has 2 amide bonds. The summed E-state index contributed by atoms with van der Waals surface area (Å²) in [6, 6.07) is -0.744. The normalized spacial score (nSPS) is 17.2. The van der Waals surface area contributed by atoms with Crippen LogP contribution in [0.15, 0.2) is 0 Å². The first-order chi connectivity index (χ1) is 11.5. The SMILES string of the molecule is CCCCCC(=O)NC(=S)N1CCNC(=O)[C@@H]1CC(=O)OCCC. The highest BCUT2D eigenvalue weighted by molar-refractivity contribution is 7.80. The highest BCUT2D eigenvalue weighted by atomic mass is 32.1. The minimum Gasteiger partial charge on any atom is -0.466 e. The Morgan fingerprint density at radius 1 is 1.33 bits per heavy atom. The van der Waals surface area contributed by atoms with E-state index >= 15 is 0 Å². The highest BCUT2D eigenvalue weighted by Gasteiger charge is 2.34. The number of nitrogens with one attached hydrogen (secondary N) is 2. The molecule has 24 heavy (non-hydrogen) atoms. The molecule has 8 heteroatoms. The van der Waals surface area contributed by atoms with Gasteiger partial charge in [-0.2, -0.15) is 0 Å². The van der Waals surface area contributed by atoms with Crippen molar-refractivity contribution < 1.29 is 19.1 Å². The number of thiocarbonyl (C=S) groups is 1. The molecule has 1 aliphatic rings. The molecule has 1 aliphatic heterocycles. The molecule has 0 radical (unpaired) electrons. The summed E-state index contributed by atoms with van der Waals surface area (Å²) in [5.74, 6) is -0.884. The molecule has 0 aliphatic carbocycles. The molecule has 0 aromatic rings. The van der Waals surface area contributed by atoms with E-state index in [2.05, 4.69) is 17.6 Å². The maximum atomic E-state index is 12.1. The maximum Gasteiger partial charge on any atom is 0.308 e. The van der Waals surface area contributed by atoms with E-state index in [0.29, 0.717) is 26.1 Å². The Morgan fingerprint density at radius 2 is 2.08 bits per heavy atom. The van der Waals surface area contributed by atoms with Crippen molar-refractivity contribution in [1.82, 2.24) is 15.5 Å². The van der Waals surface area contributed by atoms with Crippen molar-refractivity contribution in [2.75, 3.05) is 19.7 Å². The quantitative estimate of drug-likeness (QED) is 0.384. The van der Waals surface area contributed by atoms with E-state index in [1.165, 1.54) is 0 Å². The number of amides is 2. The summed E-state index contributed by atoms with van der Waals surface area (Å²) in [6.07, 6.45) is 3.86. The van der Waals surface area contributed by atoms with Crippen molar-refractivity contribution in [3.05, 3.63) is 0 Å². The van der Waals surface area contributed by atoms with Crippen LogP contribution in [0.3, 0.4) is 0 Å². The molecule has 0 saturated carbocycles. The summed E-state index contributed by atoms with van der Waals surface area (Å²) >= 11 is 5.26. The van der Waals surface area contributed by atoms with Gasteiger partial charge in [0.1, 0.15) is 6.04 Å². The molecule has 0 spiro atoms. The fraction of sp³-hybridized carbons (Fsp3) is 0.750. The number of unbranched alkanes of at least 4 members (excludes halogenated alkanes) is 2. The molecule has 0 bridgehead atoms. The first-order valence-corrected chi connectivity index (χ1v) is 8.94. The zero-order valence-electron chi connectivity index (χ0n) is 14.4. The molecule has 1 rings (SSSR count). The zero-order chi connectivity index (χ0) is 17.9. The Kier molecular flexibility index (Phi) is 9.29. The van der Waals surface area contributed by atoms with Crippen LogP contribution in [0.5, 0.6) is 0 Å². The molecule has 0 aromatic heterocycles. The topological polar surface area (TPSA) is 87.7 Å². The van der Waals surface area contributed by atoms with Crippen LogP contribution in [0.4, 0.5) is 0 Å². The molecular weight excluding hydrogens is 330 g/mol. The maximum absolute atomic E-state index is 12.1. The van der Waals surface area contributed by atoms with Gasteiger partial charge >= 0.3 is 5.97 Å². The third kappa shape index (κ3) is 6.82. The molecule has 136 valence electrons. The fourth-order valence-electron chi connectivity index (χ4n) is 2.38. The van der Waals surface area contributed by atoms with Gasteiger partial charge in [0.05, 0.1) is 13.0 Å². The van der Waals surface area contributed by atoms with Gasteiger partial charge in [0, 0.05) is 19.5 Å². The molecule has 1 atom stereocenters. The Bertz CT molecular complexity index is 470. The number of rotatable bonds is 8. The molecule has 0 unspecified atom stereocenters. The molecule has 7 nitrogen and oxygen atoms in total. The van der Waals surface area contributed by atoms with Gasteiger partial charge in [-0.3, -0.25) is 14.4 Å². The van der Waals surface area contributed by atoms with Gasteiger partial charge in [0.15, 0.2) is 5.11 Å². The first kappa shape index (κ1) is 20.3. The summed E-state index contributed by atoms with van der Waals surface area (Å²) in [5, 5.41) is 5.57. The van der Waals surface area contributed by atoms with E-state index in [1.807, 2.05) is 6.92 Å². The van der Waals surface area contributed by atoms with Crippen LogP contribution in [-0.4, -0.2) is 53.5 Å². The summed E-state index contributed by atoms with van der Waals surface area (Å²) in [6.45, 7) is 5.16. The molecule has 0 aromatic carbocycles. The summed E-state index contributed by atoms with van der Waals surface area (Å²) in [4.78, 5) is 37.4. The lowest BCUT2D eigenvalue weighted by atomic mass is 10.1. The van der Waals surface area contributed by atoms with Crippen LogP contribution in [-0.2, 0) is 19.1 Å². The zero-order valence-corrected chi connectivity index (χ0v) is 15.2. The summed E-state index contributed by atoms with van der Waals surface area (Å²) in [7, 11) is 0. The third-order valence-electron chi connectivity index (χ3n) is 3.67. The molecule has 1 heterocycles. The summed E-state index contributed by atoms with van der Waals surface area (Å²) in [5.41, 5.74) is 0. The molecular formula is C16H27N3O4S. The van der Waals surface area contributed by atoms with Crippen molar-refractivity contribution in [3.63, 3.8) is 0 Å². The lowest BCUT2D eigenvalue weighted by Crippen LogP contribution is -2.60. The predicted molar refractivity (Wildman–Crippen MR) is 94.3 cm³/mol. The van der Waals surface area contributed by atoms with E-state index in [1.54, 1.807) is 4.90 Å². The van der Waals surface area contributed by atoms with Gasteiger partial charge in [0.2, 0.25) is 11.8 Å². The monoisotopic (exact) mass is 357 g/mol. The molecule has 1 fully saturated rings. The molecule has 2 N–H and O–H groups in total. The Hall–Kier alpha value is -1.70. The van der Waals surface area contributed by atoms with Gasteiger partial charge in [0.25, 0.3) is 0 Å². The van der Waals surface area contributed by atoms with E-state index < -0.39 is 12.0 Å². The average Bonchev–Trinajstić information content (AvgIpc) is 2.54. The minimum absolute atomic E-state index is 0.0856. The average molecular weight is 357 g/mol. The molecule has 1 saturated heterocycles. The number of carbonyl (C=O) groups excluding carboxylic acids is 3. The second kappa shape index (κ2) is 11.0. The predicted octanol–water partition coefficient (Wildman–Crippen LogP) is 1.11. The van der Waals surface area contributed by atoms with Crippen LogP contribution in [0, 0.1) is 0 Å². The number of piperazine rings is 1. The number of hydrogen-bond donors (Lipinski definition) is 2. The van der Waals surface area contributed by atoms with Crippen molar-refractivity contribution >= 4 is 35.1 Å². The van der Waals surface area contributed by atoms with Crippen LogP contribution in [0.2, 0.25) is 0 Å². The van der Waals surface area contributed by atoms with Crippen LogP contribution >= 0.6 is 12.2 Å². The van der Waals surface area contributed by atoms with Gasteiger partial charge < -0.3 is 20.3 Å². The van der Waals surface area contributed by atoms with Crippen molar-refractivity contribution in [3.8, 4) is 0 Å². The third-order valence-corrected chi connectivity index (χ3v) is 4.01. The van der Waals surface area contributed by atoms with Crippen molar-refractivity contribution in [2.45, 2.75) is 58.4 Å². The number of nitrogens with zero attached hydrogens (tertiary/aromatic N) is 1. The van der Waals surface area contributed by atoms with E-state index in [4.69, 9.17) is 17.0 Å². The highest BCUT2D eigenvalue weighted by Crippen LogP contribution is 2.11. The Morgan fingerprint density at radius 3 is 2.75 bits per heavy atom. The van der Waals surface area contributed by atoms with Crippen molar-refractivity contribution in [2.24, 2.45) is 0 Å². The van der Waals surface area contributed by atoms with E-state index in [0.717, 1.165) is 25.7 Å². The lowest BCUT2D eigenvalue weighted by Gasteiger charge is -2.36. The van der Waals surface area contributed by atoms with E-state index in [9.17, 15) is 14.4 Å². The van der Waals surface area contributed by atoms with Crippen molar-refractivity contribution in [1.29, 1.82) is 0 Å². The van der Waals surface area contributed by atoms with Gasteiger partial charge in [-0.25, -0.2) is 0 Å². The van der Waals surface area contributed by atoms with Gasteiger partial charge in [-0.1, -0.05) is 26.7 Å². The number of hydrogen-bond acceptors (Lipinski definition) is 5. The minimum atomic E-state index is -0.744. The number of carbonyl (C=O) groups is 3. The van der Waals surface area contributed by atoms with Crippen LogP contribution < -0.4 is 10.6 Å². The largest absolute Gasteiger partial charge is 0.466 e.